The Labute approximate surface area is 139 Å². The van der Waals surface area contributed by atoms with Gasteiger partial charge in [-0.05, 0) is 25.0 Å². The van der Waals surface area contributed by atoms with Crippen LogP contribution in [0.2, 0.25) is 0 Å². The van der Waals surface area contributed by atoms with Gasteiger partial charge in [-0.25, -0.2) is 4.98 Å². The summed E-state index contributed by atoms with van der Waals surface area (Å²) in [5, 5.41) is 0. The highest BCUT2D eigenvalue weighted by atomic mass is 16.5. The van der Waals surface area contributed by atoms with Crippen molar-refractivity contribution in [2.45, 2.75) is 65.2 Å². The van der Waals surface area contributed by atoms with E-state index in [0.29, 0.717) is 6.01 Å². The van der Waals surface area contributed by atoms with E-state index < -0.39 is 0 Å². The van der Waals surface area contributed by atoms with E-state index in [-0.39, 0.29) is 0 Å². The minimum absolute atomic E-state index is 0.421. The molecule has 2 aromatic rings. The van der Waals surface area contributed by atoms with Gasteiger partial charge in [0.15, 0.2) is 0 Å². The van der Waals surface area contributed by atoms with Gasteiger partial charge in [0.05, 0.1) is 0 Å². The summed E-state index contributed by atoms with van der Waals surface area (Å²) < 4.78 is 5.81. The molecule has 124 valence electrons. The Balaban J connectivity index is 2.10. The molecule has 0 atom stereocenters. The van der Waals surface area contributed by atoms with E-state index in [1.807, 2.05) is 30.3 Å². The third-order valence-electron chi connectivity index (χ3n) is 3.67. The van der Waals surface area contributed by atoms with Crippen molar-refractivity contribution < 1.29 is 4.74 Å². The molecule has 0 N–H and O–H groups in total. The Morgan fingerprint density at radius 2 is 1.30 bits per heavy atom. The number of hydrogen-bond acceptors (Lipinski definition) is 4. The second-order valence-electron chi connectivity index (χ2n) is 5.78. The Morgan fingerprint density at radius 3 is 1.83 bits per heavy atom. The van der Waals surface area contributed by atoms with Crippen LogP contribution in [0.15, 0.2) is 30.3 Å². The van der Waals surface area contributed by atoms with Crippen LogP contribution in [0.25, 0.3) is 0 Å². The molecular formula is C19H27N3O. The fourth-order valence-corrected chi connectivity index (χ4v) is 2.37. The van der Waals surface area contributed by atoms with Crippen LogP contribution in [-0.4, -0.2) is 15.0 Å². The van der Waals surface area contributed by atoms with E-state index in [1.54, 1.807) is 0 Å². The number of para-hydroxylation sites is 1. The normalized spacial score (nSPS) is 10.7. The van der Waals surface area contributed by atoms with E-state index in [2.05, 4.69) is 28.8 Å². The second-order valence-corrected chi connectivity index (χ2v) is 5.78. The quantitative estimate of drug-likeness (QED) is 0.570. The number of aromatic nitrogens is 3. The molecule has 0 spiro atoms. The summed E-state index contributed by atoms with van der Waals surface area (Å²) >= 11 is 0. The van der Waals surface area contributed by atoms with Gasteiger partial charge in [-0.2, -0.15) is 9.97 Å². The summed E-state index contributed by atoms with van der Waals surface area (Å²) in [4.78, 5) is 13.6. The molecule has 2 rings (SSSR count). The van der Waals surface area contributed by atoms with Crippen LogP contribution in [0.1, 0.15) is 64.0 Å². The highest BCUT2D eigenvalue weighted by Gasteiger charge is 2.08. The predicted octanol–water partition coefficient (Wildman–Crippen LogP) is 5.13. The minimum atomic E-state index is 0.421. The molecule has 0 aliphatic heterocycles. The average Bonchev–Trinajstić information content (AvgIpc) is 2.56. The van der Waals surface area contributed by atoms with Crippen LogP contribution in [0.4, 0.5) is 0 Å². The van der Waals surface area contributed by atoms with Gasteiger partial charge in [0.1, 0.15) is 17.4 Å². The van der Waals surface area contributed by atoms with Gasteiger partial charge in [0, 0.05) is 12.8 Å². The lowest BCUT2D eigenvalue weighted by atomic mass is 10.2. The summed E-state index contributed by atoms with van der Waals surface area (Å²) in [6.45, 7) is 4.40. The maximum Gasteiger partial charge on any atom is 0.325 e. The molecule has 0 fully saturated rings. The topological polar surface area (TPSA) is 47.9 Å². The lowest BCUT2D eigenvalue weighted by molar-refractivity contribution is 0.430. The summed E-state index contributed by atoms with van der Waals surface area (Å²) in [7, 11) is 0. The van der Waals surface area contributed by atoms with Crippen molar-refractivity contribution in [1.82, 2.24) is 15.0 Å². The van der Waals surface area contributed by atoms with E-state index >= 15 is 0 Å². The Morgan fingerprint density at radius 1 is 0.739 bits per heavy atom. The van der Waals surface area contributed by atoms with Crippen molar-refractivity contribution in [3.8, 4) is 11.8 Å². The minimum Gasteiger partial charge on any atom is -0.424 e. The average molecular weight is 313 g/mol. The van der Waals surface area contributed by atoms with Crippen molar-refractivity contribution in [3.63, 3.8) is 0 Å². The fourth-order valence-electron chi connectivity index (χ4n) is 2.37. The number of nitrogens with zero attached hydrogens (tertiary/aromatic N) is 3. The van der Waals surface area contributed by atoms with Gasteiger partial charge in [-0.15, -0.1) is 0 Å². The molecule has 23 heavy (non-hydrogen) atoms. The van der Waals surface area contributed by atoms with Crippen molar-refractivity contribution in [2.24, 2.45) is 0 Å². The van der Waals surface area contributed by atoms with Crippen molar-refractivity contribution in [1.29, 1.82) is 0 Å². The molecule has 1 aromatic carbocycles. The molecule has 4 heteroatoms. The monoisotopic (exact) mass is 313 g/mol. The molecule has 0 radical (unpaired) electrons. The molecular weight excluding hydrogens is 286 g/mol. The molecule has 0 unspecified atom stereocenters. The maximum absolute atomic E-state index is 5.81. The summed E-state index contributed by atoms with van der Waals surface area (Å²) in [6, 6.07) is 10.1. The van der Waals surface area contributed by atoms with Crippen molar-refractivity contribution in [2.75, 3.05) is 0 Å². The van der Waals surface area contributed by atoms with Crippen molar-refractivity contribution >= 4 is 0 Å². The van der Waals surface area contributed by atoms with Gasteiger partial charge < -0.3 is 4.74 Å². The van der Waals surface area contributed by atoms with Crippen LogP contribution >= 0.6 is 0 Å². The zero-order valence-electron chi connectivity index (χ0n) is 14.3. The zero-order valence-corrected chi connectivity index (χ0v) is 14.3. The first kappa shape index (κ1) is 17.4. The Kier molecular flexibility index (Phi) is 7.50. The number of unbranched alkanes of at least 4 members (excludes halogenated alkanes) is 4. The Hall–Kier alpha value is -1.97. The van der Waals surface area contributed by atoms with Gasteiger partial charge >= 0.3 is 6.01 Å². The van der Waals surface area contributed by atoms with Crippen LogP contribution < -0.4 is 4.74 Å². The highest BCUT2D eigenvalue weighted by Crippen LogP contribution is 2.18. The van der Waals surface area contributed by atoms with E-state index in [4.69, 9.17) is 4.74 Å². The van der Waals surface area contributed by atoms with E-state index in [1.165, 1.54) is 25.7 Å². The standard InChI is InChI=1S/C19H27N3O/c1-3-5-8-14-17-20-18(15-9-6-4-2)22-19(21-17)23-16-12-10-7-11-13-16/h7,10-13H,3-6,8-9,14-15H2,1-2H3. The number of rotatable bonds is 10. The van der Waals surface area contributed by atoms with Crippen LogP contribution in [0.3, 0.4) is 0 Å². The third-order valence-corrected chi connectivity index (χ3v) is 3.67. The lowest BCUT2D eigenvalue weighted by Gasteiger charge is -2.08. The Bertz CT molecular complexity index is 544. The van der Waals surface area contributed by atoms with Gasteiger partial charge in [0.25, 0.3) is 0 Å². The molecule has 0 saturated carbocycles. The fraction of sp³-hybridized carbons (Fsp3) is 0.526. The molecule has 4 nitrogen and oxygen atoms in total. The van der Waals surface area contributed by atoms with Crippen LogP contribution in [0.5, 0.6) is 11.8 Å². The van der Waals surface area contributed by atoms with E-state index in [9.17, 15) is 0 Å². The summed E-state index contributed by atoms with van der Waals surface area (Å²) in [5.41, 5.74) is 0. The van der Waals surface area contributed by atoms with Crippen molar-refractivity contribution in [3.05, 3.63) is 42.0 Å². The smallest absolute Gasteiger partial charge is 0.325 e. The molecule has 0 bridgehead atoms. The SMILES string of the molecule is CCCCCc1nc(CCCCC)nc(Oc2ccccc2)n1. The molecule has 1 aromatic heterocycles. The van der Waals surface area contributed by atoms with E-state index in [0.717, 1.165) is 43.1 Å². The first-order valence-electron chi connectivity index (χ1n) is 8.78. The molecule has 0 aliphatic rings. The number of benzene rings is 1. The highest BCUT2D eigenvalue weighted by molar-refractivity contribution is 5.24. The number of hydrogen-bond donors (Lipinski definition) is 0. The summed E-state index contributed by atoms with van der Waals surface area (Å²) in [6.07, 6.45) is 8.80. The van der Waals surface area contributed by atoms with Gasteiger partial charge in [0.2, 0.25) is 0 Å². The predicted molar refractivity (Wildman–Crippen MR) is 92.8 cm³/mol. The van der Waals surface area contributed by atoms with Crippen LogP contribution in [0, 0.1) is 0 Å². The maximum atomic E-state index is 5.81. The molecule has 0 aliphatic carbocycles. The first-order valence-corrected chi connectivity index (χ1v) is 8.78. The van der Waals surface area contributed by atoms with Crippen LogP contribution in [-0.2, 0) is 12.8 Å². The molecule has 1 heterocycles. The summed E-state index contributed by atoms with van der Waals surface area (Å²) in [5.74, 6) is 2.47. The first-order chi connectivity index (χ1) is 11.3. The second kappa shape index (κ2) is 9.93. The number of aryl methyl sites for hydroxylation is 2. The lowest BCUT2D eigenvalue weighted by Crippen LogP contribution is -2.06. The van der Waals surface area contributed by atoms with Gasteiger partial charge in [-0.3, -0.25) is 0 Å². The molecule has 0 saturated heterocycles. The third kappa shape index (κ3) is 6.35. The zero-order chi connectivity index (χ0) is 16.3. The largest absolute Gasteiger partial charge is 0.424 e. The van der Waals surface area contributed by atoms with Gasteiger partial charge in [-0.1, -0.05) is 57.7 Å². The number of ether oxygens (including phenoxy) is 1. The molecule has 0 amide bonds.